The lowest BCUT2D eigenvalue weighted by atomic mass is 10.2. The second-order valence-corrected chi connectivity index (χ2v) is 4.62. The van der Waals surface area contributed by atoms with Crippen LogP contribution in [0.2, 0.25) is 0 Å². The zero-order chi connectivity index (χ0) is 12.5. The fourth-order valence-electron chi connectivity index (χ4n) is 2.04. The maximum atomic E-state index is 5.68. The molecule has 0 aliphatic carbocycles. The van der Waals surface area contributed by atoms with E-state index in [1.165, 1.54) is 18.4 Å². The minimum atomic E-state index is 0.0526. The van der Waals surface area contributed by atoms with Crippen molar-refractivity contribution < 1.29 is 9.47 Å². The van der Waals surface area contributed by atoms with Gasteiger partial charge >= 0.3 is 0 Å². The smallest absolute Gasteiger partial charge is 0.157 e. The molecule has 18 heavy (non-hydrogen) atoms. The number of unbranched alkanes of at least 4 members (excludes halogenated alkanes) is 1. The Hall–Kier alpha value is -1.12. The van der Waals surface area contributed by atoms with E-state index in [4.69, 9.17) is 9.47 Å². The van der Waals surface area contributed by atoms with E-state index < -0.39 is 0 Å². The molecule has 0 bridgehead atoms. The van der Waals surface area contributed by atoms with E-state index in [0.717, 1.165) is 32.5 Å². The third-order valence-corrected chi connectivity index (χ3v) is 3.07. The van der Waals surface area contributed by atoms with Gasteiger partial charge in [-0.3, -0.25) is 0 Å². The van der Waals surface area contributed by atoms with Gasteiger partial charge in [0.15, 0.2) is 6.29 Å². The van der Waals surface area contributed by atoms with Crippen LogP contribution in [0, 0.1) is 0 Å². The van der Waals surface area contributed by atoms with Gasteiger partial charge in [-0.25, -0.2) is 0 Å². The number of allylic oxidation sites excluding steroid dienone is 1. The highest BCUT2D eigenvalue weighted by atomic mass is 16.7. The molecule has 1 atom stereocenters. The molecule has 1 fully saturated rings. The van der Waals surface area contributed by atoms with Crippen LogP contribution in [0.3, 0.4) is 0 Å². The molecule has 1 aliphatic rings. The van der Waals surface area contributed by atoms with E-state index in [1.54, 1.807) is 0 Å². The fraction of sp³-hybridized carbons (Fsp3) is 0.500. The van der Waals surface area contributed by atoms with Gasteiger partial charge in [-0.2, -0.15) is 0 Å². The maximum Gasteiger partial charge on any atom is 0.157 e. The summed E-state index contributed by atoms with van der Waals surface area (Å²) in [5.41, 5.74) is 1.26. The third kappa shape index (κ3) is 5.03. The van der Waals surface area contributed by atoms with Crippen molar-refractivity contribution in [3.8, 4) is 0 Å². The Morgan fingerprint density at radius 1 is 1.22 bits per heavy atom. The summed E-state index contributed by atoms with van der Waals surface area (Å²) < 4.78 is 11.2. The van der Waals surface area contributed by atoms with Crippen molar-refractivity contribution in [2.75, 3.05) is 13.2 Å². The highest BCUT2D eigenvalue weighted by Gasteiger charge is 2.12. The summed E-state index contributed by atoms with van der Waals surface area (Å²) in [6.45, 7) is 1.66. The lowest BCUT2D eigenvalue weighted by molar-refractivity contribution is -0.162. The highest BCUT2D eigenvalue weighted by Crippen LogP contribution is 2.14. The van der Waals surface area contributed by atoms with Gasteiger partial charge in [0.25, 0.3) is 0 Å². The first-order valence-corrected chi connectivity index (χ1v) is 6.90. The van der Waals surface area contributed by atoms with E-state index in [9.17, 15) is 0 Å². The van der Waals surface area contributed by atoms with Gasteiger partial charge in [0, 0.05) is 6.61 Å². The molecule has 2 rings (SSSR count). The summed E-state index contributed by atoms with van der Waals surface area (Å²) in [6.07, 6.45) is 10.0. The molecule has 1 aromatic carbocycles. The summed E-state index contributed by atoms with van der Waals surface area (Å²) in [7, 11) is 0. The Labute approximate surface area is 110 Å². The summed E-state index contributed by atoms with van der Waals surface area (Å²) in [6, 6.07) is 10.4. The zero-order valence-electron chi connectivity index (χ0n) is 10.9. The predicted octanol–water partition coefficient (Wildman–Crippen LogP) is 4.02. The standard InChI is InChI=1S/C16H22O2/c1-3-9-15(10-4-1)11-5-2-7-13-17-16-12-6-8-14-18-16/h1,3-5,9-11,16H,2,6-8,12-14H2/b11-5+. The summed E-state index contributed by atoms with van der Waals surface area (Å²) in [5, 5.41) is 0. The van der Waals surface area contributed by atoms with Crippen LogP contribution in [-0.2, 0) is 9.47 Å². The monoisotopic (exact) mass is 246 g/mol. The minimum Gasteiger partial charge on any atom is -0.353 e. The second kappa shape index (κ2) is 8.06. The van der Waals surface area contributed by atoms with Crippen molar-refractivity contribution >= 4 is 6.08 Å². The second-order valence-electron chi connectivity index (χ2n) is 4.62. The van der Waals surface area contributed by atoms with Crippen LogP contribution in [0.15, 0.2) is 36.4 Å². The SMILES string of the molecule is C(=C\c1ccccc1)/CCCOC1CCCCO1. The van der Waals surface area contributed by atoms with E-state index in [1.807, 2.05) is 6.07 Å². The molecule has 2 heteroatoms. The Balaban J connectivity index is 1.54. The molecule has 1 heterocycles. The molecule has 0 N–H and O–H groups in total. The maximum absolute atomic E-state index is 5.68. The number of rotatable bonds is 6. The fourth-order valence-corrected chi connectivity index (χ4v) is 2.04. The Morgan fingerprint density at radius 3 is 2.89 bits per heavy atom. The van der Waals surface area contributed by atoms with Crippen molar-refractivity contribution in [1.29, 1.82) is 0 Å². The number of ether oxygens (including phenoxy) is 2. The van der Waals surface area contributed by atoms with Gasteiger partial charge in [0.2, 0.25) is 0 Å². The molecule has 0 radical (unpaired) electrons. The topological polar surface area (TPSA) is 18.5 Å². The first-order valence-electron chi connectivity index (χ1n) is 6.90. The van der Waals surface area contributed by atoms with Gasteiger partial charge in [-0.1, -0.05) is 42.5 Å². The molecule has 0 saturated carbocycles. The van der Waals surface area contributed by atoms with Crippen LogP contribution in [0.25, 0.3) is 6.08 Å². The number of hydrogen-bond acceptors (Lipinski definition) is 2. The quantitative estimate of drug-likeness (QED) is 0.706. The van der Waals surface area contributed by atoms with Crippen LogP contribution in [-0.4, -0.2) is 19.5 Å². The average molecular weight is 246 g/mol. The molecular formula is C16H22O2. The predicted molar refractivity (Wildman–Crippen MR) is 74.3 cm³/mol. The van der Waals surface area contributed by atoms with Crippen LogP contribution in [0.1, 0.15) is 37.7 Å². The lowest BCUT2D eigenvalue weighted by Gasteiger charge is -2.22. The van der Waals surface area contributed by atoms with Gasteiger partial charge < -0.3 is 9.47 Å². The summed E-state index contributed by atoms with van der Waals surface area (Å²) in [5.74, 6) is 0. The van der Waals surface area contributed by atoms with E-state index in [2.05, 4.69) is 36.4 Å². The van der Waals surface area contributed by atoms with Crippen molar-refractivity contribution in [3.63, 3.8) is 0 Å². The summed E-state index contributed by atoms with van der Waals surface area (Å²) in [4.78, 5) is 0. The Bertz CT molecular complexity index is 339. The molecule has 0 spiro atoms. The average Bonchev–Trinajstić information content (AvgIpc) is 2.45. The van der Waals surface area contributed by atoms with Crippen molar-refractivity contribution in [1.82, 2.24) is 0 Å². The third-order valence-electron chi connectivity index (χ3n) is 3.07. The van der Waals surface area contributed by atoms with Crippen molar-refractivity contribution in [2.45, 2.75) is 38.4 Å². The molecule has 98 valence electrons. The molecule has 1 aromatic rings. The van der Waals surface area contributed by atoms with E-state index in [0.29, 0.717) is 0 Å². The molecule has 0 aromatic heterocycles. The van der Waals surface area contributed by atoms with Crippen molar-refractivity contribution in [3.05, 3.63) is 42.0 Å². The molecule has 0 amide bonds. The van der Waals surface area contributed by atoms with Gasteiger partial charge in [-0.05, 0) is 37.7 Å². The van der Waals surface area contributed by atoms with E-state index >= 15 is 0 Å². The van der Waals surface area contributed by atoms with Crippen molar-refractivity contribution in [2.24, 2.45) is 0 Å². The van der Waals surface area contributed by atoms with E-state index in [-0.39, 0.29) is 6.29 Å². The van der Waals surface area contributed by atoms with Crippen LogP contribution in [0.5, 0.6) is 0 Å². The minimum absolute atomic E-state index is 0.0526. The first-order chi connectivity index (χ1) is 8.95. The van der Waals surface area contributed by atoms with Gasteiger partial charge in [0.05, 0.1) is 6.61 Å². The Morgan fingerprint density at radius 2 is 2.11 bits per heavy atom. The lowest BCUT2D eigenvalue weighted by Crippen LogP contribution is -2.22. The normalized spacial score (nSPS) is 20.3. The van der Waals surface area contributed by atoms with Gasteiger partial charge in [0.1, 0.15) is 0 Å². The number of benzene rings is 1. The van der Waals surface area contributed by atoms with Crippen LogP contribution < -0.4 is 0 Å². The Kier molecular flexibility index (Phi) is 5.97. The molecule has 1 unspecified atom stereocenters. The van der Waals surface area contributed by atoms with Crippen LogP contribution in [0.4, 0.5) is 0 Å². The van der Waals surface area contributed by atoms with Crippen LogP contribution >= 0.6 is 0 Å². The number of hydrogen-bond donors (Lipinski definition) is 0. The molecule has 2 nitrogen and oxygen atoms in total. The molecule has 1 aliphatic heterocycles. The first kappa shape index (κ1) is 13.3. The molecule has 1 saturated heterocycles. The highest BCUT2D eigenvalue weighted by molar-refractivity contribution is 5.48. The zero-order valence-corrected chi connectivity index (χ0v) is 10.9. The largest absolute Gasteiger partial charge is 0.353 e. The van der Waals surface area contributed by atoms with Gasteiger partial charge in [-0.15, -0.1) is 0 Å². The summed E-state index contributed by atoms with van der Waals surface area (Å²) >= 11 is 0. The molecular weight excluding hydrogens is 224 g/mol.